The first-order valence-electron chi connectivity index (χ1n) is 2.87. The zero-order chi connectivity index (χ0) is 6.41. The average Bonchev–Trinajstić information content (AvgIpc) is 1.68. The van der Waals surface area contributed by atoms with E-state index in [9.17, 15) is 0 Å². The maximum absolute atomic E-state index is 4.95. The van der Waals surface area contributed by atoms with Crippen molar-refractivity contribution in [2.45, 2.75) is 20.1 Å². The molecule has 2 nitrogen and oxygen atoms in total. The van der Waals surface area contributed by atoms with Crippen molar-refractivity contribution >= 4 is 0 Å². The molecule has 0 atom stereocenters. The predicted octanol–water partition coefficient (Wildman–Crippen LogP) is 1.22. The fourth-order valence-electron chi connectivity index (χ4n) is 0.420. The summed E-state index contributed by atoms with van der Waals surface area (Å²) in [6, 6.07) is 0. The minimum atomic E-state index is -0.287. The van der Waals surface area contributed by atoms with Gasteiger partial charge in [-0.05, 0) is 13.8 Å². The van der Waals surface area contributed by atoms with E-state index in [1.807, 2.05) is 13.8 Å². The Morgan fingerprint density at radius 1 is 1.22 bits per heavy atom. The molecule has 0 heterocycles. The quantitative estimate of drug-likeness (QED) is 0.473. The molecule has 0 unspecified atom stereocenters. The summed E-state index contributed by atoms with van der Waals surface area (Å²) in [5.74, 6) is 0. The van der Waals surface area contributed by atoms with Crippen LogP contribution in [-0.4, -0.2) is 19.5 Å². The van der Waals surface area contributed by atoms with Gasteiger partial charge in [-0.3, -0.25) is 6.92 Å². The molecule has 9 heavy (non-hydrogen) atoms. The first kappa shape index (κ1) is 12.1. The van der Waals surface area contributed by atoms with Crippen molar-refractivity contribution in [2.75, 3.05) is 13.2 Å². The van der Waals surface area contributed by atoms with E-state index in [-0.39, 0.29) is 23.1 Å². The molecule has 0 rings (SSSR count). The Hall–Kier alpha value is 0.426. The second kappa shape index (κ2) is 8.43. The van der Waals surface area contributed by atoms with Gasteiger partial charge in [0.2, 0.25) is 0 Å². The van der Waals surface area contributed by atoms with E-state index < -0.39 is 0 Å². The smallest absolute Gasteiger partial charge is 0.384 e. The molecule has 0 saturated heterocycles. The van der Waals surface area contributed by atoms with Crippen LogP contribution in [0.1, 0.15) is 13.8 Å². The van der Waals surface area contributed by atoms with Gasteiger partial charge in [-0.25, -0.2) is 0 Å². The zero-order valence-corrected chi connectivity index (χ0v) is 6.89. The molecular formula is C6H13CoO2+2. The molecule has 0 aromatic rings. The summed E-state index contributed by atoms with van der Waals surface area (Å²) in [6.45, 7) is 8.72. The second-order valence-electron chi connectivity index (χ2n) is 1.34. The van der Waals surface area contributed by atoms with Gasteiger partial charge in [0.15, 0.2) is 0 Å². The molecule has 0 radical (unpaired) electrons. The van der Waals surface area contributed by atoms with E-state index in [0.717, 1.165) is 0 Å². The fourth-order valence-corrected chi connectivity index (χ4v) is 0.420. The van der Waals surface area contributed by atoms with E-state index in [0.29, 0.717) is 13.2 Å². The summed E-state index contributed by atoms with van der Waals surface area (Å²) >= 11 is 0. The van der Waals surface area contributed by atoms with Crippen molar-refractivity contribution in [1.82, 2.24) is 0 Å². The summed E-state index contributed by atoms with van der Waals surface area (Å²) in [5, 5.41) is 0. The maximum Gasteiger partial charge on any atom is 3.00 e. The molecular weight excluding hydrogens is 163 g/mol. The van der Waals surface area contributed by atoms with Gasteiger partial charge in [0, 0.05) is 19.5 Å². The Morgan fingerprint density at radius 3 is 1.78 bits per heavy atom. The van der Waals surface area contributed by atoms with E-state index >= 15 is 0 Å². The summed E-state index contributed by atoms with van der Waals surface area (Å²) < 4.78 is 9.90. The Morgan fingerprint density at radius 2 is 1.56 bits per heavy atom. The number of hydrogen-bond donors (Lipinski definition) is 0. The molecule has 0 amide bonds. The molecule has 0 spiro atoms. The van der Waals surface area contributed by atoms with Crippen LogP contribution in [0.2, 0.25) is 0 Å². The molecule has 56 valence electrons. The second-order valence-corrected chi connectivity index (χ2v) is 1.34. The Bertz CT molecular complexity index is 44.3. The third kappa shape index (κ3) is 8.43. The minimum absolute atomic E-state index is 0. The van der Waals surface area contributed by atoms with Crippen molar-refractivity contribution in [1.29, 1.82) is 0 Å². The Balaban J connectivity index is 0. The third-order valence-corrected chi connectivity index (χ3v) is 0.705. The summed E-state index contributed by atoms with van der Waals surface area (Å²) in [5.41, 5.74) is 0. The van der Waals surface area contributed by atoms with Crippen LogP contribution in [0.15, 0.2) is 0 Å². The van der Waals surface area contributed by atoms with Gasteiger partial charge >= 0.3 is 16.8 Å². The standard InChI is InChI=1S/C6H13O2.Co/c1-4-7-6(3)8-5-2;/h6H,3-5H2,1-2H3;/q-1;+3. The molecule has 0 fully saturated rings. The Labute approximate surface area is 67.1 Å². The van der Waals surface area contributed by atoms with E-state index in [2.05, 4.69) is 6.92 Å². The van der Waals surface area contributed by atoms with Gasteiger partial charge in [-0.1, -0.05) is 0 Å². The molecule has 0 bridgehead atoms. The molecule has 0 aliphatic carbocycles. The van der Waals surface area contributed by atoms with Crippen LogP contribution >= 0.6 is 0 Å². The van der Waals surface area contributed by atoms with Crippen molar-refractivity contribution in [2.24, 2.45) is 0 Å². The molecule has 0 aliphatic heterocycles. The van der Waals surface area contributed by atoms with Crippen molar-refractivity contribution < 1.29 is 26.3 Å². The summed E-state index contributed by atoms with van der Waals surface area (Å²) in [7, 11) is 0. The molecule has 0 N–H and O–H groups in total. The average molecular weight is 176 g/mol. The predicted molar refractivity (Wildman–Crippen MR) is 32.4 cm³/mol. The van der Waals surface area contributed by atoms with Crippen molar-refractivity contribution in [3.05, 3.63) is 6.92 Å². The van der Waals surface area contributed by atoms with Crippen LogP contribution < -0.4 is 0 Å². The first-order chi connectivity index (χ1) is 3.81. The van der Waals surface area contributed by atoms with Crippen LogP contribution in [0.4, 0.5) is 0 Å². The van der Waals surface area contributed by atoms with Gasteiger partial charge in [-0.2, -0.15) is 0 Å². The van der Waals surface area contributed by atoms with Crippen LogP contribution in [0.25, 0.3) is 0 Å². The summed E-state index contributed by atoms with van der Waals surface area (Å²) in [4.78, 5) is 0. The van der Waals surface area contributed by atoms with E-state index in [4.69, 9.17) is 9.47 Å². The van der Waals surface area contributed by atoms with E-state index in [1.54, 1.807) is 0 Å². The summed E-state index contributed by atoms with van der Waals surface area (Å²) in [6.07, 6.45) is -0.287. The van der Waals surface area contributed by atoms with Gasteiger partial charge in [0.05, 0.1) is 0 Å². The minimum Gasteiger partial charge on any atom is -0.384 e. The topological polar surface area (TPSA) is 18.5 Å². The molecule has 0 aromatic heterocycles. The SMILES string of the molecule is [CH2-]C(OCC)OCC.[Co+3]. The molecule has 0 aromatic carbocycles. The Kier molecular flexibility index (Phi) is 11.4. The van der Waals surface area contributed by atoms with Gasteiger partial charge in [0.25, 0.3) is 0 Å². The molecule has 3 heteroatoms. The van der Waals surface area contributed by atoms with Gasteiger partial charge in [-0.15, -0.1) is 0 Å². The van der Waals surface area contributed by atoms with Crippen molar-refractivity contribution in [3.63, 3.8) is 0 Å². The number of hydrogen-bond acceptors (Lipinski definition) is 2. The zero-order valence-electron chi connectivity index (χ0n) is 5.85. The van der Waals surface area contributed by atoms with Crippen LogP contribution in [0.3, 0.4) is 0 Å². The fraction of sp³-hybridized carbons (Fsp3) is 0.833. The van der Waals surface area contributed by atoms with Gasteiger partial charge in [0.1, 0.15) is 0 Å². The maximum atomic E-state index is 4.95. The largest absolute Gasteiger partial charge is 3.00 e. The normalized spacial score (nSPS) is 9.33. The number of ether oxygens (including phenoxy) is 2. The van der Waals surface area contributed by atoms with Gasteiger partial charge < -0.3 is 9.47 Å². The van der Waals surface area contributed by atoms with E-state index in [1.165, 1.54) is 0 Å². The third-order valence-electron chi connectivity index (χ3n) is 0.705. The number of rotatable bonds is 4. The molecule has 0 aliphatic rings. The molecule has 0 saturated carbocycles. The van der Waals surface area contributed by atoms with Crippen LogP contribution in [0.5, 0.6) is 0 Å². The monoisotopic (exact) mass is 176 g/mol. The first-order valence-corrected chi connectivity index (χ1v) is 2.87. The van der Waals surface area contributed by atoms with Crippen LogP contribution in [0, 0.1) is 6.92 Å². The van der Waals surface area contributed by atoms with Crippen molar-refractivity contribution in [3.8, 4) is 0 Å². The van der Waals surface area contributed by atoms with Crippen LogP contribution in [-0.2, 0) is 26.3 Å².